The average Bonchev–Trinajstić information content (AvgIpc) is 3.56. The van der Waals surface area contributed by atoms with Crippen molar-refractivity contribution < 1.29 is 28.2 Å². The van der Waals surface area contributed by atoms with E-state index in [1.165, 1.54) is 12.1 Å². The zero-order valence-corrected chi connectivity index (χ0v) is 21.0. The number of carbonyl (C=O) groups is 3. The van der Waals surface area contributed by atoms with Crippen molar-refractivity contribution in [3.05, 3.63) is 71.0 Å². The van der Waals surface area contributed by atoms with E-state index in [0.717, 1.165) is 18.4 Å². The Kier molecular flexibility index (Phi) is 7.26. The summed E-state index contributed by atoms with van der Waals surface area (Å²) in [7, 11) is 0. The number of likely N-dealkylation sites (tertiary alicyclic amines) is 1. The summed E-state index contributed by atoms with van der Waals surface area (Å²) in [5.41, 5.74) is 0.403. The molecule has 0 aromatic heterocycles. The highest BCUT2D eigenvalue weighted by atomic mass is 19.1. The molecule has 0 bridgehead atoms. The first-order valence-corrected chi connectivity index (χ1v) is 12.9. The molecule has 3 aliphatic rings. The van der Waals surface area contributed by atoms with Crippen molar-refractivity contribution in [2.24, 2.45) is 0 Å². The SMILES string of the molecule is Cc1cccc(C(=O)N2C(C(=O)NCC3CCCO3)COC23CCN(C(=O)c2ccccc2F)CC3)c1. The van der Waals surface area contributed by atoms with Crippen LogP contribution >= 0.6 is 0 Å². The van der Waals surface area contributed by atoms with Crippen LogP contribution in [0.3, 0.4) is 0 Å². The minimum Gasteiger partial charge on any atom is -0.376 e. The fourth-order valence-electron chi connectivity index (χ4n) is 5.49. The lowest BCUT2D eigenvalue weighted by atomic mass is 9.95. The second-order valence-corrected chi connectivity index (χ2v) is 9.97. The lowest BCUT2D eigenvalue weighted by molar-refractivity contribution is -0.128. The van der Waals surface area contributed by atoms with Crippen LogP contribution in [-0.4, -0.2) is 78.2 Å². The van der Waals surface area contributed by atoms with E-state index in [9.17, 15) is 18.8 Å². The van der Waals surface area contributed by atoms with Crippen LogP contribution in [0, 0.1) is 12.7 Å². The monoisotopic (exact) mass is 509 g/mol. The highest BCUT2D eigenvalue weighted by molar-refractivity contribution is 5.99. The molecule has 2 atom stereocenters. The van der Waals surface area contributed by atoms with E-state index in [0.29, 0.717) is 31.6 Å². The third kappa shape index (κ3) is 5.10. The van der Waals surface area contributed by atoms with Crippen LogP contribution < -0.4 is 5.32 Å². The summed E-state index contributed by atoms with van der Waals surface area (Å²) >= 11 is 0. The van der Waals surface area contributed by atoms with Gasteiger partial charge in [0, 0.05) is 44.6 Å². The highest BCUT2D eigenvalue weighted by Crippen LogP contribution is 2.39. The topological polar surface area (TPSA) is 88.2 Å². The van der Waals surface area contributed by atoms with Crippen molar-refractivity contribution in [3.63, 3.8) is 0 Å². The Morgan fingerprint density at radius 3 is 2.57 bits per heavy atom. The van der Waals surface area contributed by atoms with E-state index < -0.39 is 23.5 Å². The van der Waals surface area contributed by atoms with Gasteiger partial charge in [0.25, 0.3) is 11.8 Å². The van der Waals surface area contributed by atoms with Crippen molar-refractivity contribution >= 4 is 17.7 Å². The maximum absolute atomic E-state index is 14.2. The maximum Gasteiger partial charge on any atom is 0.256 e. The molecule has 3 saturated heterocycles. The zero-order valence-electron chi connectivity index (χ0n) is 21.0. The smallest absolute Gasteiger partial charge is 0.256 e. The van der Waals surface area contributed by atoms with Gasteiger partial charge in [0.15, 0.2) is 0 Å². The number of benzene rings is 2. The van der Waals surface area contributed by atoms with Crippen LogP contribution in [0.15, 0.2) is 48.5 Å². The summed E-state index contributed by atoms with van der Waals surface area (Å²) in [5.74, 6) is -1.52. The van der Waals surface area contributed by atoms with Gasteiger partial charge in [-0.3, -0.25) is 19.3 Å². The van der Waals surface area contributed by atoms with E-state index in [4.69, 9.17) is 9.47 Å². The molecule has 3 aliphatic heterocycles. The van der Waals surface area contributed by atoms with E-state index >= 15 is 0 Å². The number of hydrogen-bond donors (Lipinski definition) is 1. The second-order valence-electron chi connectivity index (χ2n) is 9.97. The molecular weight excluding hydrogens is 477 g/mol. The van der Waals surface area contributed by atoms with Gasteiger partial charge in [-0.25, -0.2) is 4.39 Å². The number of hydrogen-bond acceptors (Lipinski definition) is 5. The van der Waals surface area contributed by atoms with E-state index in [-0.39, 0.29) is 43.2 Å². The quantitative estimate of drug-likeness (QED) is 0.670. The second kappa shape index (κ2) is 10.6. The summed E-state index contributed by atoms with van der Waals surface area (Å²) in [6.45, 7) is 3.60. The van der Waals surface area contributed by atoms with Crippen LogP contribution in [0.25, 0.3) is 0 Å². The highest BCUT2D eigenvalue weighted by Gasteiger charge is 2.54. The number of nitrogens with zero attached hydrogens (tertiary/aromatic N) is 2. The van der Waals surface area contributed by atoms with E-state index in [2.05, 4.69) is 5.32 Å². The Morgan fingerprint density at radius 1 is 1.08 bits per heavy atom. The predicted molar refractivity (Wildman–Crippen MR) is 133 cm³/mol. The van der Waals surface area contributed by atoms with Crippen LogP contribution in [0.5, 0.6) is 0 Å². The first-order chi connectivity index (χ1) is 17.9. The fourth-order valence-corrected chi connectivity index (χ4v) is 5.49. The van der Waals surface area contributed by atoms with Crippen molar-refractivity contribution in [3.8, 4) is 0 Å². The predicted octanol–water partition coefficient (Wildman–Crippen LogP) is 2.90. The number of nitrogens with one attached hydrogen (secondary N) is 1. The molecule has 0 saturated carbocycles. The van der Waals surface area contributed by atoms with Crippen molar-refractivity contribution in [2.75, 3.05) is 32.8 Å². The minimum absolute atomic E-state index is 0.0184. The summed E-state index contributed by atoms with van der Waals surface area (Å²) in [4.78, 5) is 43.2. The maximum atomic E-state index is 14.2. The largest absolute Gasteiger partial charge is 0.376 e. The van der Waals surface area contributed by atoms with Gasteiger partial charge in [0.05, 0.1) is 18.3 Å². The summed E-state index contributed by atoms with van der Waals surface area (Å²) in [6, 6.07) is 12.4. The summed E-state index contributed by atoms with van der Waals surface area (Å²) < 4.78 is 26.1. The lowest BCUT2D eigenvalue weighted by Gasteiger charge is -2.44. The molecular formula is C28H32FN3O5. The average molecular weight is 510 g/mol. The summed E-state index contributed by atoms with van der Waals surface area (Å²) in [6.07, 6.45) is 2.48. The van der Waals surface area contributed by atoms with E-state index in [1.807, 2.05) is 19.1 Å². The van der Waals surface area contributed by atoms with Gasteiger partial charge in [-0.15, -0.1) is 0 Å². The Morgan fingerprint density at radius 2 is 1.86 bits per heavy atom. The molecule has 0 radical (unpaired) electrons. The molecule has 1 N–H and O–H groups in total. The van der Waals surface area contributed by atoms with Crippen molar-refractivity contribution in [2.45, 2.75) is 50.5 Å². The van der Waals surface area contributed by atoms with Crippen LogP contribution in [-0.2, 0) is 14.3 Å². The Balaban J connectivity index is 1.36. The third-order valence-electron chi connectivity index (χ3n) is 7.51. The molecule has 3 amide bonds. The van der Waals surface area contributed by atoms with Crippen LogP contribution in [0.1, 0.15) is 52.0 Å². The molecule has 2 unspecified atom stereocenters. The zero-order chi connectivity index (χ0) is 26.0. The Labute approximate surface area is 215 Å². The Hall–Kier alpha value is -3.30. The number of piperidine rings is 1. The molecule has 5 rings (SSSR count). The Bertz CT molecular complexity index is 1170. The molecule has 9 heteroatoms. The molecule has 196 valence electrons. The normalized spacial score (nSPS) is 22.9. The number of amides is 3. The number of carbonyl (C=O) groups excluding carboxylic acids is 3. The lowest BCUT2D eigenvalue weighted by Crippen LogP contribution is -2.60. The molecule has 2 aromatic rings. The number of halogens is 1. The van der Waals surface area contributed by atoms with Gasteiger partial charge in [-0.05, 0) is 44.0 Å². The standard InChI is InChI=1S/C28H32FN3O5/c1-19-6-4-7-20(16-19)26(34)32-24(25(33)30-17-21-8-5-15-36-21)18-37-28(32)11-13-31(14-12-28)27(35)22-9-2-3-10-23(22)29/h2-4,6-7,9-10,16,21,24H,5,8,11-15,17-18H2,1H3,(H,30,33). The van der Waals surface area contributed by atoms with Crippen molar-refractivity contribution in [1.82, 2.24) is 15.1 Å². The van der Waals surface area contributed by atoms with Gasteiger partial charge in [-0.1, -0.05) is 29.8 Å². The number of rotatable bonds is 5. The van der Waals surface area contributed by atoms with Crippen molar-refractivity contribution in [1.29, 1.82) is 0 Å². The molecule has 8 nitrogen and oxygen atoms in total. The van der Waals surface area contributed by atoms with Gasteiger partial charge >= 0.3 is 0 Å². The first kappa shape index (κ1) is 25.4. The minimum atomic E-state index is -1.03. The molecule has 37 heavy (non-hydrogen) atoms. The van der Waals surface area contributed by atoms with Gasteiger partial charge in [0.1, 0.15) is 17.6 Å². The van der Waals surface area contributed by atoms with Gasteiger partial charge in [-0.2, -0.15) is 0 Å². The third-order valence-corrected chi connectivity index (χ3v) is 7.51. The number of aryl methyl sites for hydroxylation is 1. The first-order valence-electron chi connectivity index (χ1n) is 12.9. The molecule has 0 aliphatic carbocycles. The molecule has 1 spiro atoms. The van der Waals surface area contributed by atoms with Gasteiger partial charge < -0.3 is 19.7 Å². The van der Waals surface area contributed by atoms with E-state index in [1.54, 1.807) is 34.1 Å². The van der Waals surface area contributed by atoms with Crippen LogP contribution in [0.4, 0.5) is 4.39 Å². The fraction of sp³-hybridized carbons (Fsp3) is 0.464. The van der Waals surface area contributed by atoms with Gasteiger partial charge in [0.2, 0.25) is 5.91 Å². The summed E-state index contributed by atoms with van der Waals surface area (Å²) in [5, 5.41) is 2.95. The molecule has 3 fully saturated rings. The van der Waals surface area contributed by atoms with Crippen LogP contribution in [0.2, 0.25) is 0 Å². The molecule has 2 aromatic carbocycles. The number of ether oxygens (including phenoxy) is 2. The molecule has 3 heterocycles.